The normalized spacial score (nSPS) is 16.8. The van der Waals surface area contributed by atoms with Gasteiger partial charge in [-0.3, -0.25) is 9.59 Å². The van der Waals surface area contributed by atoms with E-state index in [1.807, 2.05) is 19.1 Å². The Labute approximate surface area is 151 Å². The lowest BCUT2D eigenvalue weighted by molar-refractivity contribution is -0.122. The quantitative estimate of drug-likeness (QED) is 0.907. The van der Waals surface area contributed by atoms with Crippen LogP contribution in [-0.4, -0.2) is 25.5 Å². The molecule has 2 aromatic carbocycles. The van der Waals surface area contributed by atoms with E-state index in [2.05, 4.69) is 5.32 Å². The zero-order valence-corrected chi connectivity index (χ0v) is 14.8. The highest BCUT2D eigenvalue weighted by Crippen LogP contribution is 2.32. The maximum absolute atomic E-state index is 12.5. The van der Waals surface area contributed by atoms with Gasteiger partial charge in [0, 0.05) is 35.4 Å². The molecule has 2 aromatic rings. The Balaban J connectivity index is 1.73. The molecule has 0 saturated carbocycles. The van der Waals surface area contributed by atoms with E-state index in [-0.39, 0.29) is 18.2 Å². The summed E-state index contributed by atoms with van der Waals surface area (Å²) in [4.78, 5) is 26.6. The largest absolute Gasteiger partial charge is 0.497 e. The maximum Gasteiger partial charge on any atom is 0.229 e. The Bertz CT molecular complexity index is 822. The van der Waals surface area contributed by atoms with Gasteiger partial charge in [-0.1, -0.05) is 23.7 Å². The molecule has 1 fully saturated rings. The van der Waals surface area contributed by atoms with Crippen LogP contribution < -0.4 is 15.0 Å². The molecular formula is C19H19ClN2O3. The number of amides is 2. The van der Waals surface area contributed by atoms with Crippen LogP contribution in [0.3, 0.4) is 0 Å². The molecule has 0 aliphatic carbocycles. The Hall–Kier alpha value is -2.53. The average Bonchev–Trinajstić information content (AvgIpc) is 2.99. The number of hydrogen-bond acceptors (Lipinski definition) is 3. The zero-order chi connectivity index (χ0) is 18.0. The Morgan fingerprint density at radius 1 is 1.28 bits per heavy atom. The highest BCUT2D eigenvalue weighted by molar-refractivity contribution is 6.31. The summed E-state index contributed by atoms with van der Waals surface area (Å²) in [7, 11) is 1.57. The number of halogens is 1. The fourth-order valence-electron chi connectivity index (χ4n) is 2.95. The van der Waals surface area contributed by atoms with Crippen molar-refractivity contribution in [2.45, 2.75) is 13.3 Å². The Morgan fingerprint density at radius 3 is 2.80 bits per heavy atom. The van der Waals surface area contributed by atoms with Crippen LogP contribution in [-0.2, 0) is 9.59 Å². The van der Waals surface area contributed by atoms with Gasteiger partial charge in [-0.2, -0.15) is 0 Å². The minimum atomic E-state index is -0.405. The van der Waals surface area contributed by atoms with E-state index in [4.69, 9.17) is 16.3 Å². The van der Waals surface area contributed by atoms with Gasteiger partial charge in [0.05, 0.1) is 13.0 Å². The number of ether oxygens (including phenoxy) is 1. The topological polar surface area (TPSA) is 58.6 Å². The molecule has 0 spiro atoms. The summed E-state index contributed by atoms with van der Waals surface area (Å²) in [5, 5.41) is 3.46. The molecule has 5 nitrogen and oxygen atoms in total. The van der Waals surface area contributed by atoms with E-state index in [1.165, 1.54) is 0 Å². The monoisotopic (exact) mass is 358 g/mol. The average molecular weight is 359 g/mol. The molecule has 2 amide bonds. The van der Waals surface area contributed by atoms with Crippen molar-refractivity contribution in [1.82, 2.24) is 0 Å². The van der Waals surface area contributed by atoms with Crippen molar-refractivity contribution in [3.8, 4) is 5.75 Å². The number of rotatable bonds is 4. The van der Waals surface area contributed by atoms with Crippen molar-refractivity contribution in [2.75, 3.05) is 23.9 Å². The van der Waals surface area contributed by atoms with Crippen LogP contribution in [0.1, 0.15) is 12.0 Å². The summed E-state index contributed by atoms with van der Waals surface area (Å²) >= 11 is 6.15. The molecule has 1 aliphatic rings. The summed E-state index contributed by atoms with van der Waals surface area (Å²) in [6.07, 6.45) is 0.182. The van der Waals surface area contributed by atoms with Crippen LogP contribution in [0.5, 0.6) is 5.75 Å². The molecule has 130 valence electrons. The fourth-order valence-corrected chi connectivity index (χ4v) is 3.12. The lowest BCUT2D eigenvalue weighted by atomic mass is 10.1. The fraction of sp³-hybridized carbons (Fsp3) is 0.263. The number of carbonyl (C=O) groups excluding carboxylic acids is 2. The van der Waals surface area contributed by atoms with Crippen molar-refractivity contribution in [3.05, 3.63) is 53.1 Å². The van der Waals surface area contributed by atoms with Crippen LogP contribution in [0, 0.1) is 12.8 Å². The number of benzene rings is 2. The molecule has 0 aromatic heterocycles. The number of hydrogen-bond donors (Lipinski definition) is 1. The summed E-state index contributed by atoms with van der Waals surface area (Å²) in [5.74, 6) is 0.00787. The summed E-state index contributed by atoms with van der Waals surface area (Å²) in [6.45, 7) is 2.21. The summed E-state index contributed by atoms with van der Waals surface area (Å²) < 4.78 is 5.15. The first-order valence-corrected chi connectivity index (χ1v) is 8.38. The van der Waals surface area contributed by atoms with E-state index >= 15 is 0 Å². The smallest absolute Gasteiger partial charge is 0.229 e. The van der Waals surface area contributed by atoms with Crippen molar-refractivity contribution >= 4 is 34.8 Å². The number of methoxy groups -OCH3 is 1. The van der Waals surface area contributed by atoms with Gasteiger partial charge in [0.2, 0.25) is 11.8 Å². The van der Waals surface area contributed by atoms with Gasteiger partial charge < -0.3 is 15.0 Å². The molecule has 1 N–H and O–H groups in total. The summed E-state index contributed by atoms with van der Waals surface area (Å²) in [6, 6.07) is 12.6. The van der Waals surface area contributed by atoms with Crippen molar-refractivity contribution in [1.29, 1.82) is 0 Å². The van der Waals surface area contributed by atoms with E-state index in [0.29, 0.717) is 23.0 Å². The van der Waals surface area contributed by atoms with Crippen molar-refractivity contribution < 1.29 is 14.3 Å². The number of nitrogens with one attached hydrogen (secondary N) is 1. The van der Waals surface area contributed by atoms with Gasteiger partial charge in [0.1, 0.15) is 5.75 Å². The second-order valence-electron chi connectivity index (χ2n) is 6.01. The minimum absolute atomic E-state index is 0.0730. The van der Waals surface area contributed by atoms with Crippen LogP contribution in [0.2, 0.25) is 5.02 Å². The first-order valence-electron chi connectivity index (χ1n) is 8.00. The molecule has 0 bridgehead atoms. The molecule has 6 heteroatoms. The van der Waals surface area contributed by atoms with Crippen molar-refractivity contribution in [3.63, 3.8) is 0 Å². The molecule has 0 radical (unpaired) electrons. The predicted octanol–water partition coefficient (Wildman–Crippen LogP) is 3.65. The predicted molar refractivity (Wildman–Crippen MR) is 98.3 cm³/mol. The van der Waals surface area contributed by atoms with E-state index in [0.717, 1.165) is 11.3 Å². The SMILES string of the molecule is COc1cccc(NC(=O)C2CC(=O)N(c3cccc(Cl)c3C)C2)c1. The Morgan fingerprint density at radius 2 is 2.04 bits per heavy atom. The highest BCUT2D eigenvalue weighted by atomic mass is 35.5. The summed E-state index contributed by atoms with van der Waals surface area (Å²) in [5.41, 5.74) is 2.25. The van der Waals surface area contributed by atoms with Crippen LogP contribution in [0.4, 0.5) is 11.4 Å². The molecular weight excluding hydrogens is 340 g/mol. The third kappa shape index (κ3) is 3.61. The number of nitrogens with zero attached hydrogens (tertiary/aromatic N) is 1. The van der Waals surface area contributed by atoms with Gasteiger partial charge in [-0.25, -0.2) is 0 Å². The molecule has 3 rings (SSSR count). The number of anilines is 2. The molecule has 25 heavy (non-hydrogen) atoms. The molecule has 1 unspecified atom stereocenters. The highest BCUT2D eigenvalue weighted by Gasteiger charge is 2.35. The van der Waals surface area contributed by atoms with Gasteiger partial charge in [0.25, 0.3) is 0 Å². The minimum Gasteiger partial charge on any atom is -0.497 e. The number of carbonyl (C=O) groups is 2. The van der Waals surface area contributed by atoms with Gasteiger partial charge in [-0.15, -0.1) is 0 Å². The first kappa shape index (κ1) is 17.3. The van der Waals surface area contributed by atoms with Crippen LogP contribution in [0.25, 0.3) is 0 Å². The molecule has 1 saturated heterocycles. The van der Waals surface area contributed by atoms with Gasteiger partial charge in [-0.05, 0) is 36.8 Å². The second kappa shape index (κ2) is 7.15. The first-order chi connectivity index (χ1) is 12.0. The van der Waals surface area contributed by atoms with E-state index in [9.17, 15) is 9.59 Å². The molecule has 1 atom stereocenters. The molecule has 1 heterocycles. The lowest BCUT2D eigenvalue weighted by Crippen LogP contribution is -2.28. The van der Waals surface area contributed by atoms with E-state index < -0.39 is 5.92 Å². The Kier molecular flexibility index (Phi) is 4.95. The second-order valence-corrected chi connectivity index (χ2v) is 6.42. The standard InChI is InChI=1S/C19H19ClN2O3/c1-12-16(20)7-4-8-17(12)22-11-13(9-18(22)23)19(24)21-14-5-3-6-15(10-14)25-2/h3-8,10,13H,9,11H2,1-2H3,(H,21,24). The third-order valence-corrected chi connectivity index (χ3v) is 4.77. The van der Waals surface area contributed by atoms with Crippen LogP contribution in [0.15, 0.2) is 42.5 Å². The van der Waals surface area contributed by atoms with Gasteiger partial charge >= 0.3 is 0 Å². The maximum atomic E-state index is 12.5. The zero-order valence-electron chi connectivity index (χ0n) is 14.1. The van der Waals surface area contributed by atoms with Crippen molar-refractivity contribution in [2.24, 2.45) is 5.92 Å². The third-order valence-electron chi connectivity index (χ3n) is 4.36. The molecule has 1 aliphatic heterocycles. The lowest BCUT2D eigenvalue weighted by Gasteiger charge is -2.19. The van der Waals surface area contributed by atoms with Gasteiger partial charge in [0.15, 0.2) is 0 Å². The van der Waals surface area contributed by atoms with E-state index in [1.54, 1.807) is 42.3 Å². The van der Waals surface area contributed by atoms with Crippen LogP contribution >= 0.6 is 11.6 Å².